The molecule has 1 unspecified atom stereocenters. The minimum absolute atomic E-state index is 0.0975. The average molecular weight is 507 g/mol. The monoisotopic (exact) mass is 506 g/mol. The molecule has 36 heavy (non-hydrogen) atoms. The molecule has 2 atom stereocenters. The van der Waals surface area contributed by atoms with Gasteiger partial charge < -0.3 is 20.1 Å². The second kappa shape index (κ2) is 10.8. The van der Waals surface area contributed by atoms with Gasteiger partial charge in [0.1, 0.15) is 5.69 Å². The molecule has 2 aromatic carbocycles. The van der Waals surface area contributed by atoms with Crippen molar-refractivity contribution in [3.8, 4) is 0 Å². The van der Waals surface area contributed by atoms with Crippen molar-refractivity contribution >= 4 is 34.0 Å². The number of rotatable bonds is 8. The largest absolute Gasteiger partial charge is 0.478 e. The van der Waals surface area contributed by atoms with Crippen LogP contribution in [0.3, 0.4) is 0 Å². The van der Waals surface area contributed by atoms with Crippen molar-refractivity contribution in [3.63, 3.8) is 0 Å². The fourth-order valence-electron chi connectivity index (χ4n) is 4.99. The number of anilines is 2. The van der Waals surface area contributed by atoms with E-state index in [1.807, 2.05) is 24.3 Å². The Labute approximate surface area is 214 Å². The van der Waals surface area contributed by atoms with Crippen LogP contribution in [0, 0.1) is 0 Å². The number of nitrogens with one attached hydrogen (secondary N) is 1. The molecular formula is C27H30N4O4S. The molecule has 2 aliphatic rings. The van der Waals surface area contributed by atoms with Crippen LogP contribution >= 0.6 is 11.3 Å². The van der Waals surface area contributed by atoms with Crippen LogP contribution in [-0.4, -0.2) is 66.3 Å². The molecule has 3 aromatic rings. The van der Waals surface area contributed by atoms with Gasteiger partial charge in [-0.1, -0.05) is 36.4 Å². The predicted octanol–water partition coefficient (Wildman–Crippen LogP) is 4.31. The van der Waals surface area contributed by atoms with Gasteiger partial charge in [0.2, 0.25) is 0 Å². The first kappa shape index (κ1) is 24.4. The van der Waals surface area contributed by atoms with Crippen LogP contribution in [0.15, 0.2) is 53.9 Å². The van der Waals surface area contributed by atoms with Crippen molar-refractivity contribution in [2.24, 2.45) is 0 Å². The lowest BCUT2D eigenvalue weighted by molar-refractivity contribution is 0.0698. The van der Waals surface area contributed by atoms with E-state index in [2.05, 4.69) is 32.2 Å². The van der Waals surface area contributed by atoms with Gasteiger partial charge in [-0.3, -0.25) is 9.69 Å². The van der Waals surface area contributed by atoms with E-state index in [0.717, 1.165) is 56.3 Å². The molecule has 2 N–H and O–H groups in total. The molecule has 0 aliphatic carbocycles. The van der Waals surface area contributed by atoms with Gasteiger partial charge in [-0.25, -0.2) is 9.78 Å². The van der Waals surface area contributed by atoms with Crippen LogP contribution < -0.4 is 10.2 Å². The molecule has 188 valence electrons. The van der Waals surface area contributed by atoms with Crippen molar-refractivity contribution < 1.29 is 19.4 Å². The maximum atomic E-state index is 12.9. The molecule has 0 radical (unpaired) electrons. The molecule has 3 heterocycles. The third-order valence-corrected chi connectivity index (χ3v) is 7.89. The summed E-state index contributed by atoms with van der Waals surface area (Å²) >= 11 is 1.41. The Hall–Kier alpha value is -3.27. The fraction of sp³-hybridized carbons (Fsp3) is 0.370. The molecule has 2 fully saturated rings. The van der Waals surface area contributed by atoms with E-state index in [1.54, 1.807) is 24.6 Å². The molecule has 9 heteroatoms. The molecule has 0 saturated carbocycles. The van der Waals surface area contributed by atoms with Crippen molar-refractivity contribution in [1.82, 2.24) is 9.88 Å². The molecule has 1 amide bonds. The van der Waals surface area contributed by atoms with Crippen molar-refractivity contribution in [2.45, 2.75) is 31.4 Å². The van der Waals surface area contributed by atoms with E-state index in [-0.39, 0.29) is 29.0 Å². The average Bonchev–Trinajstić information content (AvgIpc) is 3.65. The Kier molecular flexibility index (Phi) is 7.31. The van der Waals surface area contributed by atoms with E-state index in [1.165, 1.54) is 16.9 Å². The van der Waals surface area contributed by atoms with Crippen LogP contribution in [-0.2, 0) is 11.3 Å². The number of aromatic nitrogens is 1. The third kappa shape index (κ3) is 5.43. The SMILES string of the molecule is CO[C@H]1CCN(c2nc(C(=O)Nc3ccc(C4CCN(Cc5ccccc5)C4)cc3C(=O)O)cs2)C1. The standard InChI is InChI=1S/C27H30N4O4S/c1-35-21-10-12-31(16-21)27-29-24(17-36-27)25(32)28-23-8-7-19(13-22(23)26(33)34)20-9-11-30(15-20)14-18-5-3-2-4-6-18/h2-8,13,17,20-21H,9-12,14-16H2,1H3,(H,28,32)(H,33,34)/t20?,21-/m0/s1. The lowest BCUT2D eigenvalue weighted by Gasteiger charge is -2.17. The van der Waals surface area contributed by atoms with Gasteiger partial charge in [-0.05, 0) is 48.6 Å². The molecule has 2 saturated heterocycles. The minimum atomic E-state index is -1.06. The third-order valence-electron chi connectivity index (χ3n) is 6.99. The Bertz CT molecular complexity index is 1230. The summed E-state index contributed by atoms with van der Waals surface area (Å²) in [4.78, 5) is 33.9. The second-order valence-electron chi connectivity index (χ2n) is 9.38. The summed E-state index contributed by atoms with van der Waals surface area (Å²) in [6.07, 6.45) is 2.07. The molecule has 1 aromatic heterocycles. The van der Waals surface area contributed by atoms with Crippen LogP contribution in [0.25, 0.3) is 0 Å². The van der Waals surface area contributed by atoms with Crippen molar-refractivity contribution in [2.75, 3.05) is 43.5 Å². The smallest absolute Gasteiger partial charge is 0.337 e. The second-order valence-corrected chi connectivity index (χ2v) is 10.2. The number of carboxylic acids is 1. The minimum Gasteiger partial charge on any atom is -0.478 e. The summed E-state index contributed by atoms with van der Waals surface area (Å²) in [5.74, 6) is -1.22. The first-order chi connectivity index (χ1) is 17.5. The van der Waals surface area contributed by atoms with Gasteiger partial charge in [-0.2, -0.15) is 0 Å². The number of carboxylic acid groups (broad SMARTS) is 1. The topological polar surface area (TPSA) is 95.0 Å². The highest BCUT2D eigenvalue weighted by Crippen LogP contribution is 2.31. The Balaban J connectivity index is 1.25. The zero-order valence-corrected chi connectivity index (χ0v) is 21.0. The van der Waals surface area contributed by atoms with Gasteiger partial charge in [0, 0.05) is 38.7 Å². The highest BCUT2D eigenvalue weighted by atomic mass is 32.1. The van der Waals surface area contributed by atoms with E-state index in [9.17, 15) is 14.7 Å². The lowest BCUT2D eigenvalue weighted by Crippen LogP contribution is -2.22. The number of ether oxygens (including phenoxy) is 1. The summed E-state index contributed by atoms with van der Waals surface area (Å²) in [5.41, 5.74) is 2.92. The van der Waals surface area contributed by atoms with Crippen LogP contribution in [0.1, 0.15) is 50.7 Å². The highest BCUT2D eigenvalue weighted by molar-refractivity contribution is 7.14. The fourth-order valence-corrected chi connectivity index (χ4v) is 5.83. The van der Waals surface area contributed by atoms with E-state index < -0.39 is 11.9 Å². The van der Waals surface area contributed by atoms with E-state index in [0.29, 0.717) is 0 Å². The van der Waals surface area contributed by atoms with Crippen LogP contribution in [0.4, 0.5) is 10.8 Å². The van der Waals surface area contributed by atoms with E-state index in [4.69, 9.17) is 4.74 Å². The van der Waals surface area contributed by atoms with Crippen LogP contribution in [0.5, 0.6) is 0 Å². The summed E-state index contributed by atoms with van der Waals surface area (Å²) in [6, 6.07) is 15.7. The van der Waals surface area contributed by atoms with Gasteiger partial charge in [0.15, 0.2) is 5.13 Å². The normalized spacial score (nSPS) is 20.1. The summed E-state index contributed by atoms with van der Waals surface area (Å²) in [5, 5.41) is 15.1. The number of nitrogens with zero attached hydrogens (tertiary/aromatic N) is 3. The van der Waals surface area contributed by atoms with Gasteiger partial charge in [0.05, 0.1) is 17.4 Å². The number of carbonyl (C=O) groups excluding carboxylic acids is 1. The van der Waals surface area contributed by atoms with Gasteiger partial charge >= 0.3 is 5.97 Å². The molecule has 2 aliphatic heterocycles. The number of hydrogen-bond donors (Lipinski definition) is 2. The Morgan fingerprint density at radius 3 is 2.72 bits per heavy atom. The van der Waals surface area contributed by atoms with Gasteiger partial charge in [0.25, 0.3) is 5.91 Å². The number of benzene rings is 2. The number of aromatic carboxylic acids is 1. The maximum absolute atomic E-state index is 12.9. The Morgan fingerprint density at radius 1 is 1.14 bits per heavy atom. The van der Waals surface area contributed by atoms with Gasteiger partial charge in [-0.15, -0.1) is 11.3 Å². The molecular weight excluding hydrogens is 476 g/mol. The number of thiazole rings is 1. The Morgan fingerprint density at radius 2 is 1.97 bits per heavy atom. The van der Waals surface area contributed by atoms with Crippen molar-refractivity contribution in [1.29, 1.82) is 0 Å². The predicted molar refractivity (Wildman–Crippen MR) is 140 cm³/mol. The summed E-state index contributed by atoms with van der Waals surface area (Å²) in [7, 11) is 1.70. The zero-order chi connectivity index (χ0) is 25.1. The molecule has 0 spiro atoms. The summed E-state index contributed by atoms with van der Waals surface area (Å²) in [6.45, 7) is 4.31. The van der Waals surface area contributed by atoms with E-state index >= 15 is 0 Å². The van der Waals surface area contributed by atoms with Crippen LogP contribution in [0.2, 0.25) is 0 Å². The zero-order valence-electron chi connectivity index (χ0n) is 20.2. The number of methoxy groups -OCH3 is 1. The highest BCUT2D eigenvalue weighted by Gasteiger charge is 2.27. The first-order valence-electron chi connectivity index (χ1n) is 12.2. The molecule has 0 bridgehead atoms. The molecule has 8 nitrogen and oxygen atoms in total. The number of hydrogen-bond acceptors (Lipinski definition) is 7. The molecule has 5 rings (SSSR count). The van der Waals surface area contributed by atoms with Crippen molar-refractivity contribution in [3.05, 3.63) is 76.3 Å². The lowest BCUT2D eigenvalue weighted by atomic mass is 9.95. The quantitative estimate of drug-likeness (QED) is 0.470. The number of carbonyl (C=O) groups is 2. The number of likely N-dealkylation sites (tertiary alicyclic amines) is 1. The number of amides is 1. The maximum Gasteiger partial charge on any atom is 0.337 e. The first-order valence-corrected chi connectivity index (χ1v) is 13.1. The summed E-state index contributed by atoms with van der Waals surface area (Å²) < 4.78 is 5.41.